The van der Waals surface area contributed by atoms with Crippen LogP contribution in [0.15, 0.2) is 18.2 Å². The van der Waals surface area contributed by atoms with Gasteiger partial charge in [-0.15, -0.1) is 0 Å². The lowest BCUT2D eigenvalue weighted by Gasteiger charge is -2.08. The number of nitro groups is 1. The number of carbonyl (C=O) groups excluding carboxylic acids is 1. The summed E-state index contributed by atoms with van der Waals surface area (Å²) in [5.74, 6) is -0.0864. The van der Waals surface area contributed by atoms with Gasteiger partial charge in [0.2, 0.25) is 5.91 Å². The largest absolute Gasteiger partial charge is 0.384 e. The second-order valence-electron chi connectivity index (χ2n) is 4.33. The van der Waals surface area contributed by atoms with Crippen molar-refractivity contribution in [2.24, 2.45) is 0 Å². The molecule has 0 saturated heterocycles. The summed E-state index contributed by atoms with van der Waals surface area (Å²) < 4.78 is 4.82. The molecule has 0 spiro atoms. The second kappa shape index (κ2) is 8.11. The van der Waals surface area contributed by atoms with E-state index in [1.54, 1.807) is 20.1 Å². The van der Waals surface area contributed by atoms with E-state index in [9.17, 15) is 14.9 Å². The fraction of sp³-hybridized carbons (Fsp3) is 0.462. The summed E-state index contributed by atoms with van der Waals surface area (Å²) in [6.45, 7) is 3.16. The molecule has 0 radical (unpaired) electrons. The van der Waals surface area contributed by atoms with Gasteiger partial charge in [-0.25, -0.2) is 0 Å². The van der Waals surface area contributed by atoms with Crippen molar-refractivity contribution in [2.75, 3.05) is 32.1 Å². The number of ether oxygens (including phenoxy) is 1. The Morgan fingerprint density at radius 1 is 1.35 bits per heavy atom. The van der Waals surface area contributed by atoms with Crippen LogP contribution in [0.2, 0.25) is 0 Å². The topological polar surface area (TPSA) is 93.5 Å². The van der Waals surface area contributed by atoms with E-state index in [0.29, 0.717) is 31.8 Å². The highest BCUT2D eigenvalue weighted by Gasteiger charge is 2.08. The van der Waals surface area contributed by atoms with Crippen molar-refractivity contribution in [1.29, 1.82) is 0 Å². The van der Waals surface area contributed by atoms with Crippen LogP contribution in [0, 0.1) is 17.0 Å². The third-order valence-electron chi connectivity index (χ3n) is 2.58. The van der Waals surface area contributed by atoms with Crippen molar-refractivity contribution in [3.8, 4) is 0 Å². The first-order chi connectivity index (χ1) is 9.52. The highest BCUT2D eigenvalue weighted by atomic mass is 16.6. The smallest absolute Gasteiger partial charge is 0.271 e. The number of nitro benzene ring substituents is 1. The zero-order valence-corrected chi connectivity index (χ0v) is 11.6. The molecule has 7 nitrogen and oxygen atoms in total. The lowest BCUT2D eigenvalue weighted by Crippen LogP contribution is -2.28. The van der Waals surface area contributed by atoms with Gasteiger partial charge in [-0.05, 0) is 18.6 Å². The Labute approximate surface area is 117 Å². The zero-order valence-electron chi connectivity index (χ0n) is 11.6. The van der Waals surface area contributed by atoms with E-state index in [1.807, 2.05) is 0 Å². The molecule has 1 rings (SSSR count). The molecule has 0 aromatic heterocycles. The fourth-order valence-electron chi connectivity index (χ4n) is 1.67. The standard InChI is InChI=1S/C13H19N3O4/c1-10-7-11(9-12(8-10)16(18)19)14-4-3-13(17)15-5-6-20-2/h7-9,14H,3-6H2,1-2H3,(H,15,17). The molecular weight excluding hydrogens is 262 g/mol. The van der Waals surface area contributed by atoms with E-state index >= 15 is 0 Å². The summed E-state index contributed by atoms with van der Waals surface area (Å²) in [7, 11) is 1.57. The fourth-order valence-corrected chi connectivity index (χ4v) is 1.67. The minimum Gasteiger partial charge on any atom is -0.384 e. The van der Waals surface area contributed by atoms with Crippen LogP contribution in [-0.2, 0) is 9.53 Å². The summed E-state index contributed by atoms with van der Waals surface area (Å²) in [6.07, 6.45) is 0.297. The molecule has 0 aliphatic heterocycles. The molecule has 0 bridgehead atoms. The Kier molecular flexibility index (Phi) is 6.45. The molecule has 1 aromatic rings. The number of rotatable bonds is 8. The summed E-state index contributed by atoms with van der Waals surface area (Å²) in [5, 5.41) is 16.4. The molecule has 0 aliphatic carbocycles. The lowest BCUT2D eigenvalue weighted by molar-refractivity contribution is -0.384. The molecule has 0 aliphatic rings. The van der Waals surface area contributed by atoms with Crippen LogP contribution in [0.4, 0.5) is 11.4 Å². The number of benzene rings is 1. The first-order valence-corrected chi connectivity index (χ1v) is 6.28. The summed E-state index contributed by atoms with van der Waals surface area (Å²) in [5.41, 5.74) is 1.48. The number of hydrogen-bond acceptors (Lipinski definition) is 5. The molecule has 110 valence electrons. The van der Waals surface area contributed by atoms with Gasteiger partial charge < -0.3 is 15.4 Å². The Bertz CT molecular complexity index is 477. The summed E-state index contributed by atoms with van der Waals surface area (Å²) >= 11 is 0. The van der Waals surface area contributed by atoms with Gasteiger partial charge in [0.05, 0.1) is 11.5 Å². The summed E-state index contributed by atoms with van der Waals surface area (Å²) in [4.78, 5) is 21.7. The average Bonchev–Trinajstić information content (AvgIpc) is 2.38. The molecule has 0 atom stereocenters. The van der Waals surface area contributed by atoms with Gasteiger partial charge in [0.25, 0.3) is 5.69 Å². The van der Waals surface area contributed by atoms with Crippen LogP contribution in [-0.4, -0.2) is 37.6 Å². The minimum absolute atomic E-state index is 0.0389. The van der Waals surface area contributed by atoms with Crippen LogP contribution in [0.25, 0.3) is 0 Å². The van der Waals surface area contributed by atoms with E-state index in [2.05, 4.69) is 10.6 Å². The average molecular weight is 281 g/mol. The molecule has 1 aromatic carbocycles. The van der Waals surface area contributed by atoms with E-state index in [-0.39, 0.29) is 11.6 Å². The van der Waals surface area contributed by atoms with Crippen molar-refractivity contribution in [2.45, 2.75) is 13.3 Å². The molecule has 0 unspecified atom stereocenters. The number of non-ortho nitro benzene ring substituents is 1. The Morgan fingerprint density at radius 2 is 2.10 bits per heavy atom. The van der Waals surface area contributed by atoms with E-state index in [4.69, 9.17) is 4.74 Å². The predicted octanol–water partition coefficient (Wildman–Crippen LogP) is 1.47. The number of nitrogens with one attached hydrogen (secondary N) is 2. The first-order valence-electron chi connectivity index (χ1n) is 6.28. The van der Waals surface area contributed by atoms with Gasteiger partial charge in [0.1, 0.15) is 0 Å². The second-order valence-corrected chi connectivity index (χ2v) is 4.33. The quantitative estimate of drug-likeness (QED) is 0.427. The highest BCUT2D eigenvalue weighted by molar-refractivity contribution is 5.76. The predicted molar refractivity (Wildman–Crippen MR) is 75.8 cm³/mol. The Balaban J connectivity index is 2.42. The van der Waals surface area contributed by atoms with Crippen molar-refractivity contribution >= 4 is 17.3 Å². The SMILES string of the molecule is COCCNC(=O)CCNc1cc(C)cc([N+](=O)[O-])c1. The number of methoxy groups -OCH3 is 1. The molecule has 1 amide bonds. The molecular formula is C13H19N3O4. The minimum atomic E-state index is -0.435. The van der Waals surface area contributed by atoms with Crippen molar-refractivity contribution in [3.05, 3.63) is 33.9 Å². The van der Waals surface area contributed by atoms with Crippen LogP contribution in [0.3, 0.4) is 0 Å². The molecule has 20 heavy (non-hydrogen) atoms. The van der Waals surface area contributed by atoms with E-state index in [0.717, 1.165) is 5.56 Å². The third kappa shape index (κ3) is 5.66. The molecule has 2 N–H and O–H groups in total. The van der Waals surface area contributed by atoms with Gasteiger partial charge in [-0.1, -0.05) is 0 Å². The van der Waals surface area contributed by atoms with Crippen LogP contribution >= 0.6 is 0 Å². The number of anilines is 1. The Hall–Kier alpha value is -2.15. The van der Waals surface area contributed by atoms with Crippen LogP contribution in [0.1, 0.15) is 12.0 Å². The maximum absolute atomic E-state index is 11.4. The van der Waals surface area contributed by atoms with Crippen molar-refractivity contribution < 1.29 is 14.5 Å². The van der Waals surface area contributed by atoms with Gasteiger partial charge in [-0.3, -0.25) is 14.9 Å². The molecule has 0 saturated carbocycles. The van der Waals surface area contributed by atoms with Gasteiger partial charge in [0, 0.05) is 44.4 Å². The number of amides is 1. The van der Waals surface area contributed by atoms with E-state index in [1.165, 1.54) is 12.1 Å². The van der Waals surface area contributed by atoms with Crippen LogP contribution < -0.4 is 10.6 Å². The number of carbonyl (C=O) groups is 1. The lowest BCUT2D eigenvalue weighted by atomic mass is 10.2. The Morgan fingerprint density at radius 3 is 2.75 bits per heavy atom. The normalized spacial score (nSPS) is 10.1. The molecule has 0 fully saturated rings. The van der Waals surface area contributed by atoms with Crippen molar-refractivity contribution in [3.63, 3.8) is 0 Å². The first kappa shape index (κ1) is 15.9. The maximum Gasteiger partial charge on any atom is 0.271 e. The monoisotopic (exact) mass is 281 g/mol. The number of nitrogens with zero attached hydrogens (tertiary/aromatic N) is 1. The number of aryl methyl sites for hydroxylation is 1. The zero-order chi connectivity index (χ0) is 15.0. The summed E-state index contributed by atoms with van der Waals surface area (Å²) in [6, 6.07) is 4.76. The van der Waals surface area contributed by atoms with Crippen LogP contribution in [0.5, 0.6) is 0 Å². The van der Waals surface area contributed by atoms with Crippen molar-refractivity contribution in [1.82, 2.24) is 5.32 Å². The number of hydrogen-bond donors (Lipinski definition) is 2. The highest BCUT2D eigenvalue weighted by Crippen LogP contribution is 2.20. The maximum atomic E-state index is 11.4. The van der Waals surface area contributed by atoms with Gasteiger partial charge >= 0.3 is 0 Å². The van der Waals surface area contributed by atoms with Gasteiger partial charge in [-0.2, -0.15) is 0 Å². The van der Waals surface area contributed by atoms with Gasteiger partial charge in [0.15, 0.2) is 0 Å². The molecule has 0 heterocycles. The van der Waals surface area contributed by atoms with E-state index < -0.39 is 4.92 Å². The third-order valence-corrected chi connectivity index (χ3v) is 2.58. The molecule has 7 heteroatoms.